The molecule has 6 aromatic rings. The predicted octanol–water partition coefficient (Wildman–Crippen LogP) is 8.01. The summed E-state index contributed by atoms with van der Waals surface area (Å²) < 4.78 is 72.6. The maximum atomic E-state index is 14.8. The van der Waals surface area contributed by atoms with Crippen LogP contribution in [-0.2, 0) is 17.1 Å². The number of carbonyl (C=O) groups is 1. The summed E-state index contributed by atoms with van der Waals surface area (Å²) in [5.41, 5.74) is 0.642. The second-order valence-electron chi connectivity index (χ2n) is 10.4. The van der Waals surface area contributed by atoms with Gasteiger partial charge in [0.15, 0.2) is 0 Å². The molecule has 0 saturated heterocycles. The Balaban J connectivity index is 1.72. The topological polar surface area (TPSA) is 98.4 Å². The van der Waals surface area contributed by atoms with Gasteiger partial charge in [-0.05, 0) is 66.2 Å². The van der Waals surface area contributed by atoms with E-state index in [0.29, 0.717) is 16.7 Å². The lowest BCUT2D eigenvalue weighted by molar-refractivity contribution is 0.0697. The molecule has 232 valence electrons. The number of alkyl halides is 2. The van der Waals surface area contributed by atoms with Crippen molar-refractivity contribution in [2.24, 2.45) is 7.05 Å². The summed E-state index contributed by atoms with van der Waals surface area (Å²) in [6.45, 7) is 0. The van der Waals surface area contributed by atoms with Crippen molar-refractivity contribution >= 4 is 38.5 Å². The van der Waals surface area contributed by atoms with E-state index in [0.717, 1.165) is 40.4 Å². The predicted molar refractivity (Wildman–Crippen MR) is 169 cm³/mol. The number of benzene rings is 4. The van der Waals surface area contributed by atoms with Gasteiger partial charge in [-0.2, -0.15) is 0 Å². The number of carboxylic acid groups (broad SMARTS) is 1. The van der Waals surface area contributed by atoms with E-state index in [1.54, 1.807) is 30.3 Å². The largest absolute Gasteiger partial charge is 0.478 e. The van der Waals surface area contributed by atoms with Gasteiger partial charge in [0.25, 0.3) is 22.0 Å². The van der Waals surface area contributed by atoms with Crippen molar-refractivity contribution in [1.82, 2.24) is 8.54 Å². The summed E-state index contributed by atoms with van der Waals surface area (Å²) in [5.74, 6) is -1.84. The lowest BCUT2D eigenvalue weighted by atomic mass is 9.96. The number of carboxylic acids is 1. The molecule has 0 saturated carbocycles. The number of hydrogen-bond donors (Lipinski definition) is 1. The molecule has 2 aromatic heterocycles. The number of pyridine rings is 1. The standard InChI is InChI=1S/C34H22ClF3N2O5S/c1-39-15-3-6-26(33(39)41)30-27-18-23(36)10-14-29(27)40(46(44,45)24-11-7-19(8-12-24)32(37)38)31(30)21-5-2-4-20(16-21)25-13-9-22(34(42)43)17-28(25)35/h2-18,32H,1H3,(H,42,43). The minimum atomic E-state index is -4.56. The van der Waals surface area contributed by atoms with E-state index in [4.69, 9.17) is 11.6 Å². The Morgan fingerprint density at radius 2 is 1.59 bits per heavy atom. The molecular weight excluding hydrogens is 641 g/mol. The van der Waals surface area contributed by atoms with Crippen LogP contribution in [0.25, 0.3) is 44.4 Å². The Kier molecular flexibility index (Phi) is 7.83. The minimum Gasteiger partial charge on any atom is -0.478 e. The number of fused-ring (bicyclic) bond motifs is 1. The summed E-state index contributed by atoms with van der Waals surface area (Å²) in [5, 5.41) is 9.62. The van der Waals surface area contributed by atoms with Crippen molar-refractivity contribution in [3.05, 3.63) is 136 Å². The van der Waals surface area contributed by atoms with Crippen molar-refractivity contribution in [1.29, 1.82) is 0 Å². The maximum Gasteiger partial charge on any atom is 0.335 e. The summed E-state index contributed by atoms with van der Waals surface area (Å²) >= 11 is 6.47. The van der Waals surface area contributed by atoms with Crippen molar-refractivity contribution in [2.45, 2.75) is 11.3 Å². The van der Waals surface area contributed by atoms with Gasteiger partial charge in [-0.15, -0.1) is 0 Å². The van der Waals surface area contributed by atoms with Crippen molar-refractivity contribution < 1.29 is 31.5 Å². The summed E-state index contributed by atoms with van der Waals surface area (Å²) in [4.78, 5) is 24.7. The Bertz CT molecular complexity index is 2350. The fourth-order valence-electron chi connectivity index (χ4n) is 5.41. The fourth-order valence-corrected chi connectivity index (χ4v) is 7.25. The average Bonchev–Trinajstić information content (AvgIpc) is 3.37. The Morgan fingerprint density at radius 3 is 2.26 bits per heavy atom. The number of nitrogens with zero attached hydrogens (tertiary/aromatic N) is 2. The molecule has 2 heterocycles. The second-order valence-corrected chi connectivity index (χ2v) is 12.6. The number of rotatable bonds is 7. The number of aromatic carboxylic acids is 1. The first-order chi connectivity index (χ1) is 21.9. The summed E-state index contributed by atoms with van der Waals surface area (Å²) in [6.07, 6.45) is -1.29. The first-order valence-corrected chi connectivity index (χ1v) is 15.5. The molecule has 7 nitrogen and oxygen atoms in total. The maximum absolute atomic E-state index is 14.8. The summed E-state index contributed by atoms with van der Waals surface area (Å²) in [6, 6.07) is 21.5. The highest BCUT2D eigenvalue weighted by molar-refractivity contribution is 7.90. The number of aryl methyl sites for hydroxylation is 1. The molecule has 0 radical (unpaired) electrons. The molecule has 46 heavy (non-hydrogen) atoms. The molecule has 0 atom stereocenters. The van der Waals surface area contributed by atoms with Gasteiger partial charge in [0, 0.05) is 51.5 Å². The number of halogens is 4. The van der Waals surface area contributed by atoms with Gasteiger partial charge in [-0.25, -0.2) is 30.4 Å². The molecule has 0 aliphatic carbocycles. The third-order valence-electron chi connectivity index (χ3n) is 7.61. The molecule has 0 spiro atoms. The number of hydrogen-bond acceptors (Lipinski definition) is 4. The molecule has 0 bridgehead atoms. The van der Waals surface area contributed by atoms with Crippen molar-refractivity contribution in [3.63, 3.8) is 0 Å². The van der Waals surface area contributed by atoms with Gasteiger partial charge in [-0.3, -0.25) is 4.79 Å². The third-order valence-corrected chi connectivity index (χ3v) is 9.65. The van der Waals surface area contributed by atoms with E-state index >= 15 is 0 Å². The first kappa shape index (κ1) is 30.9. The van der Waals surface area contributed by atoms with Crippen LogP contribution in [0.4, 0.5) is 13.2 Å². The first-order valence-electron chi connectivity index (χ1n) is 13.7. The highest BCUT2D eigenvalue weighted by Gasteiger charge is 2.30. The molecule has 0 aliphatic heterocycles. The highest BCUT2D eigenvalue weighted by atomic mass is 35.5. The zero-order chi connectivity index (χ0) is 32.9. The van der Waals surface area contributed by atoms with Gasteiger partial charge in [-0.1, -0.05) is 48.0 Å². The third kappa shape index (κ3) is 5.27. The minimum absolute atomic E-state index is 0.0157. The molecule has 0 unspecified atom stereocenters. The van der Waals surface area contributed by atoms with Crippen LogP contribution in [0.1, 0.15) is 22.3 Å². The van der Waals surface area contributed by atoms with E-state index in [-0.39, 0.29) is 48.8 Å². The normalized spacial score (nSPS) is 11.8. The number of aromatic nitrogens is 2. The van der Waals surface area contributed by atoms with Gasteiger partial charge in [0.1, 0.15) is 5.82 Å². The molecule has 0 aliphatic rings. The smallest absolute Gasteiger partial charge is 0.335 e. The molecule has 12 heteroatoms. The van der Waals surface area contributed by atoms with Gasteiger partial charge in [0.05, 0.1) is 21.7 Å². The van der Waals surface area contributed by atoms with Crippen LogP contribution in [-0.4, -0.2) is 28.0 Å². The average molecular weight is 663 g/mol. The molecule has 0 fully saturated rings. The zero-order valence-corrected chi connectivity index (χ0v) is 25.4. The van der Waals surface area contributed by atoms with E-state index < -0.39 is 33.8 Å². The van der Waals surface area contributed by atoms with Crippen LogP contribution in [0.5, 0.6) is 0 Å². The van der Waals surface area contributed by atoms with Crippen LogP contribution in [0, 0.1) is 5.82 Å². The molecule has 1 N–H and O–H groups in total. The summed E-state index contributed by atoms with van der Waals surface area (Å²) in [7, 11) is -3.04. The lowest BCUT2D eigenvalue weighted by Crippen LogP contribution is -2.18. The molecule has 4 aromatic carbocycles. The van der Waals surface area contributed by atoms with E-state index in [1.807, 2.05) is 0 Å². The van der Waals surface area contributed by atoms with E-state index in [9.17, 15) is 36.3 Å². The Labute approximate surface area is 265 Å². The van der Waals surface area contributed by atoms with Gasteiger partial charge >= 0.3 is 5.97 Å². The van der Waals surface area contributed by atoms with Crippen LogP contribution in [0.3, 0.4) is 0 Å². The van der Waals surface area contributed by atoms with Crippen LogP contribution >= 0.6 is 11.6 Å². The van der Waals surface area contributed by atoms with Crippen molar-refractivity contribution in [2.75, 3.05) is 0 Å². The van der Waals surface area contributed by atoms with Gasteiger partial charge in [0.2, 0.25) is 0 Å². The lowest BCUT2D eigenvalue weighted by Gasteiger charge is -2.15. The fraction of sp³-hybridized carbons (Fsp3) is 0.0588. The van der Waals surface area contributed by atoms with Crippen LogP contribution < -0.4 is 5.56 Å². The van der Waals surface area contributed by atoms with E-state index in [2.05, 4.69) is 0 Å². The Morgan fingerprint density at radius 1 is 0.870 bits per heavy atom. The molecule has 0 amide bonds. The quantitative estimate of drug-likeness (QED) is 0.187. The van der Waals surface area contributed by atoms with Crippen LogP contribution in [0.15, 0.2) is 113 Å². The zero-order valence-electron chi connectivity index (χ0n) is 23.8. The molecular formula is C34H22ClF3N2O5S. The van der Waals surface area contributed by atoms with Gasteiger partial charge < -0.3 is 9.67 Å². The van der Waals surface area contributed by atoms with Crippen molar-refractivity contribution in [3.8, 4) is 33.5 Å². The SMILES string of the molecule is Cn1cccc(-c2c(-c3cccc(-c4ccc(C(=O)O)cc4Cl)c3)n(S(=O)(=O)c3ccc(C(F)F)cc3)c3ccc(F)cc23)c1=O. The van der Waals surface area contributed by atoms with Crippen LogP contribution in [0.2, 0.25) is 5.02 Å². The molecule has 6 rings (SSSR count). The second kappa shape index (κ2) is 11.7. The van der Waals surface area contributed by atoms with E-state index in [1.165, 1.54) is 48.1 Å². The monoisotopic (exact) mass is 662 g/mol. The highest BCUT2D eigenvalue weighted by Crippen LogP contribution is 2.43. The Hall–Kier alpha value is -5.13.